The molecule has 2 aliphatic rings. The molecule has 2 aromatic carbocycles. The van der Waals surface area contributed by atoms with Crippen molar-refractivity contribution < 1.29 is 38.5 Å². The number of nitrogens with zero attached hydrogens (tertiary/aromatic N) is 3. The molecular weight excluding hydrogens is 600 g/mol. The van der Waals surface area contributed by atoms with Crippen molar-refractivity contribution in [1.29, 1.82) is 0 Å². The minimum Gasteiger partial charge on any atom is -0.342 e. The van der Waals surface area contributed by atoms with E-state index in [2.05, 4.69) is 16.0 Å². The molecule has 244 valence electrons. The van der Waals surface area contributed by atoms with Gasteiger partial charge in [-0.2, -0.15) is 5.06 Å². The van der Waals surface area contributed by atoms with Crippen molar-refractivity contribution >= 4 is 46.7 Å². The number of nitro benzene ring substituents is 1. The lowest BCUT2D eigenvalue weighted by atomic mass is 9.87. The lowest BCUT2D eigenvalue weighted by molar-refractivity contribution is -0.384. The zero-order valence-electron chi connectivity index (χ0n) is 25.7. The molecule has 15 heteroatoms. The van der Waals surface area contributed by atoms with E-state index in [9.17, 15) is 38.9 Å². The number of rotatable bonds is 11. The smallest absolute Gasteiger partial charge is 0.269 e. The lowest BCUT2D eigenvalue weighted by Crippen LogP contribution is -2.67. The van der Waals surface area contributed by atoms with Gasteiger partial charge in [-0.1, -0.05) is 30.3 Å². The number of piperidine rings is 1. The molecule has 0 bridgehead atoms. The van der Waals surface area contributed by atoms with E-state index in [0.29, 0.717) is 23.6 Å². The Morgan fingerprint density at radius 2 is 1.72 bits per heavy atom. The van der Waals surface area contributed by atoms with Gasteiger partial charge in [0.05, 0.1) is 12.0 Å². The number of hydrogen-bond donors (Lipinski definition) is 3. The molecule has 4 rings (SSSR count). The molecular formula is C31H36N6O9. The van der Waals surface area contributed by atoms with E-state index in [1.54, 1.807) is 24.3 Å². The van der Waals surface area contributed by atoms with Gasteiger partial charge in [0.2, 0.25) is 29.2 Å². The highest BCUT2D eigenvalue weighted by atomic mass is 16.7. The van der Waals surface area contributed by atoms with E-state index >= 15 is 0 Å². The summed E-state index contributed by atoms with van der Waals surface area (Å²) in [5, 5.41) is 19.6. The highest BCUT2D eigenvalue weighted by Gasteiger charge is 2.53. The summed E-state index contributed by atoms with van der Waals surface area (Å²) < 4.78 is 0. The van der Waals surface area contributed by atoms with Gasteiger partial charge in [-0.05, 0) is 44.4 Å². The third-order valence-electron chi connectivity index (χ3n) is 8.18. The number of carbonyl (C=O) groups excluding carboxylic acids is 6. The minimum absolute atomic E-state index is 0.105. The van der Waals surface area contributed by atoms with Gasteiger partial charge < -0.3 is 20.9 Å². The van der Waals surface area contributed by atoms with Crippen LogP contribution in [-0.2, 0) is 40.0 Å². The fourth-order valence-corrected chi connectivity index (χ4v) is 5.60. The molecule has 4 atom stereocenters. The first-order valence-electron chi connectivity index (χ1n) is 14.8. The summed E-state index contributed by atoms with van der Waals surface area (Å²) in [7, 11) is 1.17. The Morgan fingerprint density at radius 1 is 1.04 bits per heavy atom. The maximum atomic E-state index is 13.6. The summed E-state index contributed by atoms with van der Waals surface area (Å²) in [6.07, 6.45) is 0.667. The number of carbonyl (C=O) groups is 6. The summed E-state index contributed by atoms with van der Waals surface area (Å²) in [6.45, 7) is 2.89. The average molecular weight is 637 g/mol. The van der Waals surface area contributed by atoms with Gasteiger partial charge >= 0.3 is 0 Å². The van der Waals surface area contributed by atoms with Crippen LogP contribution in [0.3, 0.4) is 0 Å². The molecule has 2 fully saturated rings. The highest BCUT2D eigenvalue weighted by molar-refractivity contribution is 6.15. The molecule has 15 nitrogen and oxygen atoms in total. The molecule has 0 aromatic heterocycles. The van der Waals surface area contributed by atoms with Gasteiger partial charge in [-0.3, -0.25) is 43.7 Å². The van der Waals surface area contributed by atoms with Gasteiger partial charge in [-0.25, -0.2) is 0 Å². The zero-order valence-corrected chi connectivity index (χ0v) is 25.7. The van der Waals surface area contributed by atoms with Gasteiger partial charge in [0.25, 0.3) is 11.6 Å². The lowest BCUT2D eigenvalue weighted by Gasteiger charge is -2.40. The molecule has 5 amide bonds. The summed E-state index contributed by atoms with van der Waals surface area (Å²) in [5.41, 5.74) is -1.06. The summed E-state index contributed by atoms with van der Waals surface area (Å²) >= 11 is 0. The molecule has 2 heterocycles. The van der Waals surface area contributed by atoms with Gasteiger partial charge in [0.1, 0.15) is 18.1 Å². The van der Waals surface area contributed by atoms with Crippen LogP contribution in [-0.4, -0.2) is 87.5 Å². The number of benzene rings is 2. The Morgan fingerprint density at radius 3 is 2.35 bits per heavy atom. The van der Waals surface area contributed by atoms with Crippen LogP contribution in [0.4, 0.5) is 11.4 Å². The number of hydrogen-bond acceptors (Lipinski definition) is 9. The number of Topliss-reactive ketones (excluding diaryl/α,β-unsaturated/α-hetero) is 1. The number of non-ortho nitro benzene ring substituents is 1. The van der Waals surface area contributed by atoms with E-state index in [4.69, 9.17) is 4.84 Å². The Balaban J connectivity index is 1.46. The molecule has 0 radical (unpaired) electrons. The minimum atomic E-state index is -1.97. The second kappa shape index (κ2) is 14.3. The molecule has 0 aliphatic carbocycles. The van der Waals surface area contributed by atoms with Crippen LogP contribution in [0.25, 0.3) is 0 Å². The van der Waals surface area contributed by atoms with Crippen LogP contribution < -0.4 is 16.0 Å². The first kappa shape index (κ1) is 33.7. The van der Waals surface area contributed by atoms with Gasteiger partial charge in [0, 0.05) is 43.6 Å². The van der Waals surface area contributed by atoms with Crippen LogP contribution in [0, 0.1) is 10.1 Å². The predicted molar refractivity (Wildman–Crippen MR) is 163 cm³/mol. The first-order chi connectivity index (χ1) is 21.9. The van der Waals surface area contributed by atoms with Crippen molar-refractivity contribution in [2.45, 2.75) is 69.6 Å². The summed E-state index contributed by atoms with van der Waals surface area (Å²) in [5.74, 6) is -3.69. The van der Waals surface area contributed by atoms with Crippen molar-refractivity contribution in [3.05, 3.63) is 70.3 Å². The standard InChI is InChI=1S/C31H36N6O9/c1-19(32-30(43)31(2)25(38)15-16-26(39)36(31)46-3)29(42)35-17-7-10-24(35)28(41)34-23(18-20-8-5-4-6-9-20)27(40)33-21-11-13-22(14-12-21)37(44)45/h4-6,8-9,11-14,19,23-24H,7,10,15-18H2,1-3H3,(H,32,43)(H,33,40)(H,34,41)/t19-,23-,24-,31+/m0/s1. The first-order valence-corrected chi connectivity index (χ1v) is 14.8. The third-order valence-corrected chi connectivity index (χ3v) is 8.18. The molecule has 3 N–H and O–H groups in total. The normalized spacial score (nSPS) is 20.9. The molecule has 0 spiro atoms. The number of ketones is 1. The van der Waals surface area contributed by atoms with Crippen LogP contribution in [0.5, 0.6) is 0 Å². The fourth-order valence-electron chi connectivity index (χ4n) is 5.60. The SMILES string of the molecule is CON1C(=O)CCC(=O)[C@]1(C)C(=O)N[C@@H](C)C(=O)N1CCC[C@H]1C(=O)N[C@@H](Cc1ccccc1)C(=O)Nc1ccc([N+](=O)[O-])cc1. The molecule has 46 heavy (non-hydrogen) atoms. The number of anilines is 1. The topological polar surface area (TPSA) is 197 Å². The third kappa shape index (κ3) is 7.20. The fraction of sp³-hybridized carbons (Fsp3) is 0.419. The van der Waals surface area contributed by atoms with Crippen LogP contribution in [0.1, 0.15) is 45.1 Å². The number of amides is 5. The summed E-state index contributed by atoms with van der Waals surface area (Å²) in [4.78, 5) is 95.6. The summed E-state index contributed by atoms with van der Waals surface area (Å²) in [6, 6.07) is 11.1. The zero-order chi connectivity index (χ0) is 33.6. The second-order valence-corrected chi connectivity index (χ2v) is 11.3. The van der Waals surface area contributed by atoms with Crippen molar-refractivity contribution in [3.63, 3.8) is 0 Å². The molecule has 2 saturated heterocycles. The second-order valence-electron chi connectivity index (χ2n) is 11.3. The van der Waals surface area contributed by atoms with Crippen molar-refractivity contribution in [2.24, 2.45) is 0 Å². The maximum absolute atomic E-state index is 13.6. The molecule has 0 unspecified atom stereocenters. The Kier molecular flexibility index (Phi) is 10.5. The van der Waals surface area contributed by atoms with Crippen molar-refractivity contribution in [1.82, 2.24) is 20.6 Å². The molecule has 2 aromatic rings. The monoisotopic (exact) mass is 636 g/mol. The Labute approximate surface area is 264 Å². The molecule has 2 aliphatic heterocycles. The van der Waals surface area contributed by atoms with E-state index in [0.717, 1.165) is 5.56 Å². The average Bonchev–Trinajstić information content (AvgIpc) is 3.53. The van der Waals surface area contributed by atoms with E-state index in [1.807, 2.05) is 6.07 Å². The number of nitro groups is 1. The van der Waals surface area contributed by atoms with Crippen LogP contribution in [0.2, 0.25) is 0 Å². The van der Waals surface area contributed by atoms with Crippen LogP contribution >= 0.6 is 0 Å². The van der Waals surface area contributed by atoms with E-state index in [1.165, 1.54) is 50.1 Å². The van der Waals surface area contributed by atoms with E-state index < -0.39 is 63.9 Å². The number of nitrogens with one attached hydrogen (secondary N) is 3. The predicted octanol–water partition coefficient (Wildman–Crippen LogP) is 1.27. The number of hydroxylamine groups is 2. The largest absolute Gasteiger partial charge is 0.342 e. The van der Waals surface area contributed by atoms with Crippen molar-refractivity contribution in [2.75, 3.05) is 19.0 Å². The Bertz CT molecular complexity index is 1520. The van der Waals surface area contributed by atoms with Crippen molar-refractivity contribution in [3.8, 4) is 0 Å². The van der Waals surface area contributed by atoms with Gasteiger partial charge in [-0.15, -0.1) is 0 Å². The number of likely N-dealkylation sites (tertiary alicyclic amines) is 1. The van der Waals surface area contributed by atoms with Gasteiger partial charge in [0.15, 0.2) is 5.78 Å². The highest BCUT2D eigenvalue weighted by Crippen LogP contribution is 2.27. The molecule has 0 saturated carbocycles. The van der Waals surface area contributed by atoms with E-state index in [-0.39, 0.29) is 31.5 Å². The Hall–Kier alpha value is -5.18. The quantitative estimate of drug-likeness (QED) is 0.185. The maximum Gasteiger partial charge on any atom is 0.269 e. The van der Waals surface area contributed by atoms with Crippen LogP contribution in [0.15, 0.2) is 54.6 Å².